The lowest BCUT2D eigenvalue weighted by Gasteiger charge is -2.12. The molecule has 0 saturated carbocycles. The van der Waals surface area contributed by atoms with Gasteiger partial charge in [-0.25, -0.2) is 9.59 Å². The maximum absolute atomic E-state index is 12.7. The largest absolute Gasteiger partial charge is 0.494 e. The van der Waals surface area contributed by atoms with Crippen molar-refractivity contribution in [3.63, 3.8) is 0 Å². The number of nitriles is 1. The first-order chi connectivity index (χ1) is 21.9. The van der Waals surface area contributed by atoms with Crippen molar-refractivity contribution >= 4 is 17.9 Å². The van der Waals surface area contributed by atoms with Gasteiger partial charge in [-0.05, 0) is 97.7 Å². The minimum Gasteiger partial charge on any atom is -0.494 e. The first-order valence-corrected chi connectivity index (χ1v) is 15.7. The number of hydrogen-bond donors (Lipinski definition) is 0. The monoisotopic (exact) mass is 613 g/mol. The summed E-state index contributed by atoms with van der Waals surface area (Å²) in [5.74, 6) is 0.110. The van der Waals surface area contributed by atoms with E-state index < -0.39 is 11.9 Å². The van der Waals surface area contributed by atoms with Gasteiger partial charge in [0.15, 0.2) is 0 Å². The van der Waals surface area contributed by atoms with Gasteiger partial charge in [-0.1, -0.05) is 57.4 Å². The van der Waals surface area contributed by atoms with Crippen molar-refractivity contribution in [2.45, 2.75) is 71.6 Å². The lowest BCUT2D eigenvalue weighted by Crippen LogP contribution is -2.12. The van der Waals surface area contributed by atoms with Crippen LogP contribution in [-0.2, 0) is 14.3 Å². The summed E-state index contributed by atoms with van der Waals surface area (Å²) in [6.45, 7) is 5.58. The van der Waals surface area contributed by atoms with Crippen molar-refractivity contribution in [2.75, 3.05) is 19.8 Å². The van der Waals surface area contributed by atoms with E-state index in [1.165, 1.54) is 12.8 Å². The number of nitrogens with zero attached hydrogens (tertiary/aromatic N) is 1. The molecule has 8 heteroatoms. The third kappa shape index (κ3) is 12.9. The number of carbonyl (C=O) groups is 3. The SMILES string of the molecule is CCCCC[C@H](C)COC(=O)c1ccc(OC(=O)c2ccc(-c3ccc(OCCCCCCOC(=O)CC#N)cc3)cc2)cc1. The molecule has 0 fully saturated rings. The summed E-state index contributed by atoms with van der Waals surface area (Å²) in [5, 5.41) is 8.44. The summed E-state index contributed by atoms with van der Waals surface area (Å²) in [6, 6.07) is 23.1. The van der Waals surface area contributed by atoms with E-state index in [1.54, 1.807) is 42.5 Å². The topological polar surface area (TPSA) is 112 Å². The van der Waals surface area contributed by atoms with Crippen molar-refractivity contribution in [3.05, 3.63) is 83.9 Å². The predicted molar refractivity (Wildman–Crippen MR) is 172 cm³/mol. The molecule has 238 valence electrons. The Balaban J connectivity index is 1.38. The van der Waals surface area contributed by atoms with Gasteiger partial charge in [0, 0.05) is 0 Å². The van der Waals surface area contributed by atoms with Crippen molar-refractivity contribution < 1.29 is 33.3 Å². The van der Waals surface area contributed by atoms with E-state index in [2.05, 4.69) is 13.8 Å². The number of carbonyl (C=O) groups excluding carboxylic acids is 3. The normalized spacial score (nSPS) is 11.2. The summed E-state index contributed by atoms with van der Waals surface area (Å²) in [7, 11) is 0. The van der Waals surface area contributed by atoms with Gasteiger partial charge in [-0.2, -0.15) is 5.26 Å². The van der Waals surface area contributed by atoms with E-state index in [0.29, 0.717) is 42.6 Å². The van der Waals surface area contributed by atoms with E-state index in [-0.39, 0.29) is 12.4 Å². The highest BCUT2D eigenvalue weighted by atomic mass is 16.5. The second-order valence-corrected chi connectivity index (χ2v) is 11.0. The molecule has 0 radical (unpaired) electrons. The van der Waals surface area contributed by atoms with E-state index in [1.807, 2.05) is 36.4 Å². The van der Waals surface area contributed by atoms with Crippen LogP contribution in [0.3, 0.4) is 0 Å². The van der Waals surface area contributed by atoms with Gasteiger partial charge in [0.25, 0.3) is 0 Å². The molecule has 8 nitrogen and oxygen atoms in total. The zero-order valence-electron chi connectivity index (χ0n) is 26.3. The molecule has 0 unspecified atom stereocenters. The Morgan fingerprint density at radius 2 is 1.27 bits per heavy atom. The minimum absolute atomic E-state index is 0.205. The Hall–Kier alpha value is -4.64. The van der Waals surface area contributed by atoms with Crippen LogP contribution < -0.4 is 9.47 Å². The fourth-order valence-electron chi connectivity index (χ4n) is 4.54. The van der Waals surface area contributed by atoms with Crippen LogP contribution in [0.5, 0.6) is 11.5 Å². The van der Waals surface area contributed by atoms with Crippen molar-refractivity contribution in [2.24, 2.45) is 5.92 Å². The highest BCUT2D eigenvalue weighted by Gasteiger charge is 2.13. The smallest absolute Gasteiger partial charge is 0.343 e. The maximum Gasteiger partial charge on any atom is 0.343 e. The van der Waals surface area contributed by atoms with Crippen LogP contribution in [-0.4, -0.2) is 37.7 Å². The van der Waals surface area contributed by atoms with Crippen LogP contribution >= 0.6 is 0 Å². The molecular weight excluding hydrogens is 570 g/mol. The lowest BCUT2D eigenvalue weighted by molar-refractivity contribution is -0.142. The van der Waals surface area contributed by atoms with Crippen molar-refractivity contribution in [1.29, 1.82) is 5.26 Å². The van der Waals surface area contributed by atoms with E-state index in [4.69, 9.17) is 24.2 Å². The number of ether oxygens (including phenoxy) is 4. The summed E-state index contributed by atoms with van der Waals surface area (Å²) >= 11 is 0. The van der Waals surface area contributed by atoms with Crippen LogP contribution in [0.2, 0.25) is 0 Å². The molecule has 0 spiro atoms. The zero-order chi connectivity index (χ0) is 32.3. The molecule has 45 heavy (non-hydrogen) atoms. The third-order valence-electron chi connectivity index (χ3n) is 7.20. The highest BCUT2D eigenvalue weighted by molar-refractivity contribution is 5.92. The molecule has 3 rings (SSSR count). The Labute approximate surface area is 266 Å². The number of hydrogen-bond acceptors (Lipinski definition) is 8. The fourth-order valence-corrected chi connectivity index (χ4v) is 4.54. The fraction of sp³-hybridized carbons (Fsp3) is 0.405. The molecule has 0 aliphatic carbocycles. The molecule has 0 N–H and O–H groups in total. The Morgan fingerprint density at radius 3 is 1.91 bits per heavy atom. The van der Waals surface area contributed by atoms with Crippen LogP contribution in [0.1, 0.15) is 92.4 Å². The molecule has 0 bridgehead atoms. The predicted octanol–water partition coefficient (Wildman–Crippen LogP) is 8.34. The maximum atomic E-state index is 12.7. The average molecular weight is 614 g/mol. The summed E-state index contributed by atoms with van der Waals surface area (Å²) in [5.41, 5.74) is 2.78. The van der Waals surface area contributed by atoms with Gasteiger partial charge >= 0.3 is 17.9 Å². The summed E-state index contributed by atoms with van der Waals surface area (Å²) in [4.78, 5) is 36.2. The van der Waals surface area contributed by atoms with Crippen LogP contribution in [0.4, 0.5) is 0 Å². The van der Waals surface area contributed by atoms with Gasteiger partial charge in [-0.3, -0.25) is 4.79 Å². The zero-order valence-corrected chi connectivity index (χ0v) is 26.3. The highest BCUT2D eigenvalue weighted by Crippen LogP contribution is 2.24. The first-order valence-electron chi connectivity index (χ1n) is 15.7. The number of esters is 3. The van der Waals surface area contributed by atoms with Crippen molar-refractivity contribution in [3.8, 4) is 28.7 Å². The van der Waals surface area contributed by atoms with Crippen LogP contribution in [0.25, 0.3) is 11.1 Å². The second kappa shape index (κ2) is 19.6. The Kier molecular flexibility index (Phi) is 15.2. The molecule has 0 aromatic heterocycles. The standard InChI is InChI=1S/C37H43NO7/c1-3-4-7-10-28(2)27-44-36(40)31-17-21-34(22-18-31)45-37(41)32-13-11-29(12-14-32)30-15-19-33(20-16-30)42-25-8-5-6-9-26-43-35(39)23-24-38/h11-22,28H,3-10,23,25-27H2,1-2H3/t28-/m0/s1. The summed E-state index contributed by atoms with van der Waals surface area (Å²) < 4.78 is 21.7. The number of rotatable bonds is 19. The van der Waals surface area contributed by atoms with Crippen LogP contribution in [0.15, 0.2) is 72.8 Å². The molecule has 0 amide bonds. The molecule has 0 heterocycles. The molecule has 1 atom stereocenters. The molecule has 0 saturated heterocycles. The Bertz CT molecular complexity index is 1380. The number of benzene rings is 3. The molecular formula is C37H43NO7. The summed E-state index contributed by atoms with van der Waals surface area (Å²) in [6.07, 6.45) is 7.87. The van der Waals surface area contributed by atoms with Gasteiger partial charge in [-0.15, -0.1) is 0 Å². The van der Waals surface area contributed by atoms with Gasteiger partial charge in [0.05, 0.1) is 37.0 Å². The van der Waals surface area contributed by atoms with E-state index in [0.717, 1.165) is 55.4 Å². The van der Waals surface area contributed by atoms with Gasteiger partial charge in [0.1, 0.15) is 17.9 Å². The molecule has 0 aliphatic rings. The lowest BCUT2D eigenvalue weighted by atomic mass is 10.0. The van der Waals surface area contributed by atoms with Gasteiger partial charge < -0.3 is 18.9 Å². The van der Waals surface area contributed by atoms with Crippen molar-refractivity contribution in [1.82, 2.24) is 0 Å². The first kappa shape index (κ1) is 34.8. The number of unbranched alkanes of at least 4 members (excludes halogenated alkanes) is 5. The molecule has 3 aromatic carbocycles. The quantitative estimate of drug-likeness (QED) is 0.0753. The van der Waals surface area contributed by atoms with E-state index in [9.17, 15) is 14.4 Å². The molecule has 3 aromatic rings. The third-order valence-corrected chi connectivity index (χ3v) is 7.20. The average Bonchev–Trinajstić information content (AvgIpc) is 3.06. The van der Waals surface area contributed by atoms with Gasteiger partial charge in [0.2, 0.25) is 0 Å². The Morgan fingerprint density at radius 1 is 0.689 bits per heavy atom. The van der Waals surface area contributed by atoms with E-state index >= 15 is 0 Å². The minimum atomic E-state index is -0.485. The second-order valence-electron chi connectivity index (χ2n) is 11.0. The van der Waals surface area contributed by atoms with Crippen LogP contribution in [0, 0.1) is 17.2 Å². The molecule has 0 aliphatic heterocycles.